The molecule has 1 atom stereocenters. The predicted molar refractivity (Wildman–Crippen MR) is 77.2 cm³/mol. The monoisotopic (exact) mass is 283 g/mol. The Morgan fingerprint density at radius 2 is 2.33 bits per heavy atom. The molecule has 18 heavy (non-hydrogen) atoms. The molecule has 0 aromatic carbocycles. The van der Waals surface area contributed by atoms with Crippen molar-refractivity contribution in [2.45, 2.75) is 39.9 Å². The lowest BCUT2D eigenvalue weighted by molar-refractivity contribution is 0.535. The Hall–Kier alpha value is -0.840. The lowest BCUT2D eigenvalue weighted by Crippen LogP contribution is -2.19. The van der Waals surface area contributed by atoms with Crippen molar-refractivity contribution in [2.75, 3.05) is 0 Å². The van der Waals surface area contributed by atoms with Crippen LogP contribution < -0.4 is 5.32 Å². The molecule has 5 heteroatoms. The smallest absolute Gasteiger partial charge is 0.0860 e. The summed E-state index contributed by atoms with van der Waals surface area (Å²) in [7, 11) is 0. The van der Waals surface area contributed by atoms with E-state index in [1.165, 1.54) is 4.88 Å². The van der Waals surface area contributed by atoms with Crippen LogP contribution in [0, 0.1) is 6.92 Å². The van der Waals surface area contributed by atoms with E-state index < -0.39 is 0 Å². The number of aryl methyl sites for hydroxylation is 2. The van der Waals surface area contributed by atoms with Crippen molar-refractivity contribution in [1.82, 2.24) is 15.1 Å². The quantitative estimate of drug-likeness (QED) is 0.905. The fraction of sp³-hybridized carbons (Fsp3) is 0.462. The number of rotatable bonds is 5. The molecular weight excluding hydrogens is 266 g/mol. The number of aromatic nitrogens is 2. The third kappa shape index (κ3) is 2.76. The predicted octanol–water partition coefficient (Wildman–Crippen LogP) is 3.78. The standard InChI is InChI=1S/C13H18ClN3S/c1-4-17-11(13(14)10(3)16-17)8-15-9(2)12-6-5-7-18-12/h5-7,9,15H,4,8H2,1-3H3/t9-/m1/s1. The van der Waals surface area contributed by atoms with Gasteiger partial charge in [0.25, 0.3) is 0 Å². The molecule has 2 heterocycles. The van der Waals surface area contributed by atoms with Gasteiger partial charge in [0.2, 0.25) is 0 Å². The van der Waals surface area contributed by atoms with E-state index in [0.29, 0.717) is 6.04 Å². The van der Waals surface area contributed by atoms with Gasteiger partial charge in [0.1, 0.15) is 0 Å². The van der Waals surface area contributed by atoms with Crippen LogP contribution in [0.15, 0.2) is 17.5 Å². The Morgan fingerprint density at radius 1 is 1.56 bits per heavy atom. The molecule has 0 saturated heterocycles. The number of hydrogen-bond donors (Lipinski definition) is 1. The fourth-order valence-electron chi connectivity index (χ4n) is 1.93. The molecule has 0 spiro atoms. The highest BCUT2D eigenvalue weighted by molar-refractivity contribution is 7.10. The Kier molecular flexibility index (Phi) is 4.43. The molecule has 3 nitrogen and oxygen atoms in total. The molecule has 0 aliphatic carbocycles. The van der Waals surface area contributed by atoms with Crippen molar-refractivity contribution in [3.8, 4) is 0 Å². The summed E-state index contributed by atoms with van der Waals surface area (Å²) < 4.78 is 1.96. The van der Waals surface area contributed by atoms with E-state index in [9.17, 15) is 0 Å². The molecule has 0 saturated carbocycles. The van der Waals surface area contributed by atoms with Gasteiger partial charge in [-0.05, 0) is 32.2 Å². The Morgan fingerprint density at radius 3 is 2.94 bits per heavy atom. The maximum Gasteiger partial charge on any atom is 0.0860 e. The van der Waals surface area contributed by atoms with Gasteiger partial charge >= 0.3 is 0 Å². The van der Waals surface area contributed by atoms with Crippen LogP contribution in [-0.2, 0) is 13.1 Å². The lowest BCUT2D eigenvalue weighted by atomic mass is 10.2. The highest BCUT2D eigenvalue weighted by atomic mass is 35.5. The second kappa shape index (κ2) is 5.87. The van der Waals surface area contributed by atoms with E-state index in [1.54, 1.807) is 11.3 Å². The van der Waals surface area contributed by atoms with E-state index in [1.807, 2.05) is 11.6 Å². The minimum absolute atomic E-state index is 0.335. The Labute approximate surface area is 117 Å². The summed E-state index contributed by atoms with van der Waals surface area (Å²) in [5.41, 5.74) is 1.97. The molecule has 2 aromatic heterocycles. The van der Waals surface area contributed by atoms with Gasteiger partial charge < -0.3 is 5.32 Å². The summed E-state index contributed by atoms with van der Waals surface area (Å²) in [6.45, 7) is 7.78. The van der Waals surface area contributed by atoms with E-state index in [4.69, 9.17) is 11.6 Å². The van der Waals surface area contributed by atoms with Crippen LogP contribution >= 0.6 is 22.9 Å². The maximum atomic E-state index is 6.28. The van der Waals surface area contributed by atoms with Crippen molar-refractivity contribution >= 4 is 22.9 Å². The third-order valence-electron chi connectivity index (χ3n) is 3.00. The highest BCUT2D eigenvalue weighted by Crippen LogP contribution is 2.22. The third-order valence-corrected chi connectivity index (χ3v) is 4.55. The molecule has 0 aliphatic rings. The van der Waals surface area contributed by atoms with Gasteiger partial charge in [0.15, 0.2) is 0 Å². The van der Waals surface area contributed by atoms with E-state index in [0.717, 1.165) is 29.5 Å². The van der Waals surface area contributed by atoms with E-state index in [2.05, 4.69) is 41.8 Å². The summed E-state index contributed by atoms with van der Waals surface area (Å²) in [5.74, 6) is 0. The number of nitrogens with zero attached hydrogens (tertiary/aromatic N) is 2. The van der Waals surface area contributed by atoms with Crippen LogP contribution in [0.4, 0.5) is 0 Å². The average Bonchev–Trinajstić information content (AvgIpc) is 2.97. The zero-order chi connectivity index (χ0) is 13.1. The lowest BCUT2D eigenvalue weighted by Gasteiger charge is -2.13. The van der Waals surface area contributed by atoms with Gasteiger partial charge in [-0.25, -0.2) is 0 Å². The molecular formula is C13H18ClN3S. The van der Waals surface area contributed by atoms with Gasteiger partial charge in [-0.15, -0.1) is 11.3 Å². The maximum absolute atomic E-state index is 6.28. The number of halogens is 1. The van der Waals surface area contributed by atoms with Crippen molar-refractivity contribution in [3.05, 3.63) is 38.8 Å². The van der Waals surface area contributed by atoms with Crippen LogP contribution in [-0.4, -0.2) is 9.78 Å². The Balaban J connectivity index is 2.06. The number of thiophene rings is 1. The van der Waals surface area contributed by atoms with E-state index >= 15 is 0 Å². The molecule has 2 aromatic rings. The van der Waals surface area contributed by atoms with Gasteiger partial charge in [0.05, 0.1) is 16.4 Å². The Bertz CT molecular complexity index is 505. The summed E-state index contributed by atoms with van der Waals surface area (Å²) in [4.78, 5) is 1.34. The molecule has 2 rings (SSSR count). The number of hydrogen-bond acceptors (Lipinski definition) is 3. The SMILES string of the molecule is CCn1nc(C)c(Cl)c1CN[C@H](C)c1cccs1. The topological polar surface area (TPSA) is 29.9 Å². The number of nitrogens with one attached hydrogen (secondary N) is 1. The van der Waals surface area contributed by atoms with Crippen LogP contribution in [0.2, 0.25) is 5.02 Å². The molecule has 0 unspecified atom stereocenters. The fourth-order valence-corrected chi connectivity index (χ4v) is 2.89. The molecule has 0 amide bonds. The van der Waals surface area contributed by atoms with Crippen LogP contribution in [0.1, 0.15) is 36.2 Å². The first-order valence-electron chi connectivity index (χ1n) is 6.12. The highest BCUT2D eigenvalue weighted by Gasteiger charge is 2.13. The van der Waals surface area contributed by atoms with Crippen molar-refractivity contribution in [1.29, 1.82) is 0 Å². The zero-order valence-corrected chi connectivity index (χ0v) is 12.5. The molecule has 0 bridgehead atoms. The second-order valence-corrected chi connectivity index (χ2v) is 5.64. The average molecular weight is 284 g/mol. The minimum Gasteiger partial charge on any atom is -0.304 e. The van der Waals surface area contributed by atoms with Crippen LogP contribution in [0.25, 0.3) is 0 Å². The van der Waals surface area contributed by atoms with Crippen LogP contribution in [0.5, 0.6) is 0 Å². The first kappa shape index (κ1) is 13.6. The molecule has 0 radical (unpaired) electrons. The van der Waals surface area contributed by atoms with E-state index in [-0.39, 0.29) is 0 Å². The zero-order valence-electron chi connectivity index (χ0n) is 10.9. The summed E-state index contributed by atoms with van der Waals surface area (Å²) in [6.07, 6.45) is 0. The first-order chi connectivity index (χ1) is 8.63. The second-order valence-electron chi connectivity index (χ2n) is 4.28. The van der Waals surface area contributed by atoms with Gasteiger partial charge in [0, 0.05) is 24.0 Å². The largest absolute Gasteiger partial charge is 0.304 e. The molecule has 1 N–H and O–H groups in total. The summed E-state index contributed by atoms with van der Waals surface area (Å²) in [5, 5.41) is 10.8. The summed E-state index contributed by atoms with van der Waals surface area (Å²) in [6, 6.07) is 4.55. The van der Waals surface area contributed by atoms with Crippen molar-refractivity contribution in [3.63, 3.8) is 0 Å². The minimum atomic E-state index is 0.335. The molecule has 0 fully saturated rings. The first-order valence-corrected chi connectivity index (χ1v) is 7.37. The van der Waals surface area contributed by atoms with Gasteiger partial charge in [-0.2, -0.15) is 5.10 Å². The molecule has 0 aliphatic heterocycles. The van der Waals surface area contributed by atoms with Crippen LogP contribution in [0.3, 0.4) is 0 Å². The summed E-state index contributed by atoms with van der Waals surface area (Å²) >= 11 is 8.05. The van der Waals surface area contributed by atoms with Gasteiger partial charge in [-0.3, -0.25) is 4.68 Å². The molecule has 98 valence electrons. The van der Waals surface area contributed by atoms with Crippen molar-refractivity contribution < 1.29 is 0 Å². The normalized spacial score (nSPS) is 12.9. The van der Waals surface area contributed by atoms with Gasteiger partial charge in [-0.1, -0.05) is 17.7 Å². The van der Waals surface area contributed by atoms with Crippen molar-refractivity contribution in [2.24, 2.45) is 0 Å².